The highest BCUT2D eigenvalue weighted by Gasteiger charge is 2.19. The van der Waals surface area contributed by atoms with Crippen LogP contribution in [0.5, 0.6) is 0 Å². The highest BCUT2D eigenvalue weighted by molar-refractivity contribution is 7.13. The van der Waals surface area contributed by atoms with Gasteiger partial charge >= 0.3 is 0 Å². The van der Waals surface area contributed by atoms with Crippen molar-refractivity contribution in [3.8, 4) is 10.7 Å². The SMILES string of the molecule is Cc1nc(CCc2nc(-c3nccs3)cn2C)nc2c(C(C)(C)C)cccc12. The van der Waals surface area contributed by atoms with E-state index in [-0.39, 0.29) is 5.41 Å². The summed E-state index contributed by atoms with van der Waals surface area (Å²) in [5, 5.41) is 4.07. The van der Waals surface area contributed by atoms with Crippen LogP contribution in [-0.2, 0) is 25.3 Å². The maximum absolute atomic E-state index is 4.95. The van der Waals surface area contributed by atoms with Crippen LogP contribution in [0, 0.1) is 6.92 Å². The fraction of sp³-hybridized carbons (Fsp3) is 0.364. The minimum absolute atomic E-state index is 0.0415. The van der Waals surface area contributed by atoms with E-state index in [4.69, 9.17) is 15.0 Å². The van der Waals surface area contributed by atoms with E-state index in [0.29, 0.717) is 0 Å². The van der Waals surface area contributed by atoms with Gasteiger partial charge in [-0.1, -0.05) is 39.0 Å². The van der Waals surface area contributed by atoms with Gasteiger partial charge in [-0.25, -0.2) is 19.9 Å². The molecule has 0 atom stereocenters. The van der Waals surface area contributed by atoms with Crippen molar-refractivity contribution in [3.05, 3.63) is 58.9 Å². The van der Waals surface area contributed by atoms with Gasteiger partial charge in [0.15, 0.2) is 0 Å². The fourth-order valence-corrected chi connectivity index (χ4v) is 4.09. The third kappa shape index (κ3) is 3.56. The van der Waals surface area contributed by atoms with Crippen LogP contribution in [0.3, 0.4) is 0 Å². The van der Waals surface area contributed by atoms with Crippen molar-refractivity contribution in [1.29, 1.82) is 0 Å². The lowest BCUT2D eigenvalue weighted by atomic mass is 9.85. The molecular formula is C22H25N5S. The lowest BCUT2D eigenvalue weighted by molar-refractivity contribution is 0.594. The van der Waals surface area contributed by atoms with E-state index >= 15 is 0 Å². The standard InChI is InChI=1S/C22H25N5S/c1-14-15-7-6-8-16(22(2,3)4)20(15)26-18(24-14)9-10-19-25-17(13-27(19)5)21-23-11-12-28-21/h6-8,11-13H,9-10H2,1-5H3. The molecule has 3 heterocycles. The first kappa shape index (κ1) is 18.7. The van der Waals surface area contributed by atoms with Crippen molar-refractivity contribution in [1.82, 2.24) is 24.5 Å². The van der Waals surface area contributed by atoms with Crippen LogP contribution < -0.4 is 0 Å². The van der Waals surface area contributed by atoms with E-state index in [9.17, 15) is 0 Å². The maximum atomic E-state index is 4.95. The van der Waals surface area contributed by atoms with Crippen LogP contribution in [-0.4, -0.2) is 24.5 Å². The molecule has 0 fully saturated rings. The molecule has 1 aromatic carbocycles. The molecule has 4 aromatic rings. The van der Waals surface area contributed by atoms with Crippen molar-refractivity contribution in [2.45, 2.75) is 46.0 Å². The van der Waals surface area contributed by atoms with Gasteiger partial charge in [0.2, 0.25) is 0 Å². The second-order valence-electron chi connectivity index (χ2n) is 8.17. The van der Waals surface area contributed by atoms with E-state index in [1.54, 1.807) is 11.3 Å². The Labute approximate surface area is 169 Å². The molecule has 6 heteroatoms. The number of fused-ring (bicyclic) bond motifs is 1. The minimum Gasteiger partial charge on any atom is -0.337 e. The summed E-state index contributed by atoms with van der Waals surface area (Å²) in [6.07, 6.45) is 5.41. The average molecular weight is 392 g/mol. The summed E-state index contributed by atoms with van der Waals surface area (Å²) < 4.78 is 2.07. The van der Waals surface area contributed by atoms with Crippen molar-refractivity contribution in [2.75, 3.05) is 0 Å². The van der Waals surface area contributed by atoms with Gasteiger partial charge in [0, 0.05) is 48.7 Å². The lowest BCUT2D eigenvalue weighted by Crippen LogP contribution is -2.13. The van der Waals surface area contributed by atoms with E-state index in [1.807, 2.05) is 24.8 Å². The Balaban J connectivity index is 1.64. The van der Waals surface area contributed by atoms with Crippen LogP contribution in [0.4, 0.5) is 0 Å². The summed E-state index contributed by atoms with van der Waals surface area (Å²) in [5.41, 5.74) is 4.34. The Morgan fingerprint density at radius 1 is 1.07 bits per heavy atom. The Kier molecular flexibility index (Phi) is 4.75. The van der Waals surface area contributed by atoms with Gasteiger partial charge in [-0.3, -0.25) is 0 Å². The molecule has 0 saturated carbocycles. The zero-order valence-electron chi connectivity index (χ0n) is 17.0. The number of rotatable bonds is 4. The fourth-order valence-electron chi connectivity index (χ4n) is 3.49. The van der Waals surface area contributed by atoms with Crippen molar-refractivity contribution in [3.63, 3.8) is 0 Å². The molecule has 3 aromatic heterocycles. The second-order valence-corrected chi connectivity index (χ2v) is 9.06. The van der Waals surface area contributed by atoms with Gasteiger partial charge in [-0.05, 0) is 17.9 Å². The number of para-hydroxylation sites is 1. The predicted octanol–water partition coefficient (Wildman–Crippen LogP) is 4.88. The van der Waals surface area contributed by atoms with Crippen molar-refractivity contribution in [2.24, 2.45) is 7.05 Å². The Morgan fingerprint density at radius 3 is 2.61 bits per heavy atom. The molecule has 144 valence electrons. The van der Waals surface area contributed by atoms with Crippen molar-refractivity contribution >= 4 is 22.2 Å². The van der Waals surface area contributed by atoms with Gasteiger partial charge in [-0.2, -0.15) is 0 Å². The van der Waals surface area contributed by atoms with Crippen LogP contribution in [0.2, 0.25) is 0 Å². The number of nitrogens with zero attached hydrogens (tertiary/aromatic N) is 5. The van der Waals surface area contributed by atoms with E-state index in [0.717, 1.165) is 51.8 Å². The molecule has 28 heavy (non-hydrogen) atoms. The van der Waals surface area contributed by atoms with Crippen LogP contribution in [0.15, 0.2) is 36.0 Å². The van der Waals surface area contributed by atoms with Crippen LogP contribution in [0.25, 0.3) is 21.6 Å². The Morgan fingerprint density at radius 2 is 1.89 bits per heavy atom. The van der Waals surface area contributed by atoms with Gasteiger partial charge in [-0.15, -0.1) is 11.3 Å². The molecule has 5 nitrogen and oxygen atoms in total. The van der Waals surface area contributed by atoms with Gasteiger partial charge in [0.25, 0.3) is 0 Å². The highest BCUT2D eigenvalue weighted by Crippen LogP contribution is 2.30. The highest BCUT2D eigenvalue weighted by atomic mass is 32.1. The topological polar surface area (TPSA) is 56.5 Å². The molecule has 0 aliphatic carbocycles. The third-order valence-corrected chi connectivity index (χ3v) is 5.76. The van der Waals surface area contributed by atoms with Gasteiger partial charge in [0.05, 0.1) is 5.52 Å². The molecule has 0 unspecified atom stereocenters. The second kappa shape index (κ2) is 7.09. The number of hydrogen-bond acceptors (Lipinski definition) is 5. The molecule has 0 radical (unpaired) electrons. The number of hydrogen-bond donors (Lipinski definition) is 0. The Bertz CT molecular complexity index is 1120. The predicted molar refractivity (Wildman–Crippen MR) is 115 cm³/mol. The summed E-state index contributed by atoms with van der Waals surface area (Å²) in [6, 6.07) is 6.40. The monoisotopic (exact) mass is 391 g/mol. The van der Waals surface area contributed by atoms with Crippen LogP contribution >= 0.6 is 11.3 Å². The number of imidazole rings is 1. The molecule has 0 spiro atoms. The largest absolute Gasteiger partial charge is 0.337 e. The molecule has 0 amide bonds. The van der Waals surface area contributed by atoms with E-state index in [2.05, 4.69) is 55.4 Å². The Hall–Kier alpha value is -2.60. The number of aryl methyl sites for hydroxylation is 4. The zero-order valence-corrected chi connectivity index (χ0v) is 17.8. The molecular weight excluding hydrogens is 366 g/mol. The van der Waals surface area contributed by atoms with Gasteiger partial charge < -0.3 is 4.57 Å². The van der Waals surface area contributed by atoms with E-state index < -0.39 is 0 Å². The lowest BCUT2D eigenvalue weighted by Gasteiger charge is -2.21. The smallest absolute Gasteiger partial charge is 0.143 e. The summed E-state index contributed by atoms with van der Waals surface area (Å²) in [7, 11) is 2.03. The summed E-state index contributed by atoms with van der Waals surface area (Å²) in [6.45, 7) is 8.76. The molecule has 0 aliphatic heterocycles. The molecule has 4 rings (SSSR count). The first-order valence-corrected chi connectivity index (χ1v) is 10.4. The molecule has 0 aliphatic rings. The number of thiazole rings is 1. The number of benzene rings is 1. The summed E-state index contributed by atoms with van der Waals surface area (Å²) in [5.74, 6) is 1.90. The third-order valence-electron chi connectivity index (χ3n) is 4.97. The molecule has 0 saturated heterocycles. The first-order valence-electron chi connectivity index (χ1n) is 9.52. The maximum Gasteiger partial charge on any atom is 0.143 e. The van der Waals surface area contributed by atoms with E-state index in [1.165, 1.54) is 5.56 Å². The average Bonchev–Trinajstić information content (AvgIpc) is 3.28. The summed E-state index contributed by atoms with van der Waals surface area (Å²) in [4.78, 5) is 18.8. The van der Waals surface area contributed by atoms with Crippen LogP contribution in [0.1, 0.15) is 43.7 Å². The number of aromatic nitrogens is 5. The van der Waals surface area contributed by atoms with Gasteiger partial charge in [0.1, 0.15) is 22.4 Å². The van der Waals surface area contributed by atoms with Crippen molar-refractivity contribution < 1.29 is 0 Å². The molecule has 0 bridgehead atoms. The zero-order chi connectivity index (χ0) is 19.9. The quantitative estimate of drug-likeness (QED) is 0.498. The summed E-state index contributed by atoms with van der Waals surface area (Å²) >= 11 is 1.61. The normalized spacial score (nSPS) is 12.0. The molecule has 0 N–H and O–H groups in total. The minimum atomic E-state index is 0.0415. The first-order chi connectivity index (χ1) is 13.3.